The van der Waals surface area contributed by atoms with Gasteiger partial charge in [0, 0.05) is 36.5 Å². The number of rotatable bonds is 6. The van der Waals surface area contributed by atoms with Crippen molar-refractivity contribution in [1.29, 1.82) is 0 Å². The van der Waals surface area contributed by atoms with Gasteiger partial charge in [0.05, 0.1) is 18.3 Å². The van der Waals surface area contributed by atoms with Crippen LogP contribution in [0.15, 0.2) is 30.4 Å². The van der Waals surface area contributed by atoms with Gasteiger partial charge in [0.15, 0.2) is 0 Å². The number of nitrogens with zero attached hydrogens (tertiary/aromatic N) is 3. The number of urea groups is 1. The quantitative estimate of drug-likeness (QED) is 0.370. The van der Waals surface area contributed by atoms with Crippen LogP contribution >= 0.6 is 0 Å². The molecule has 1 aromatic rings. The first kappa shape index (κ1) is 38.5. The summed E-state index contributed by atoms with van der Waals surface area (Å²) in [7, 11) is -3.92. The molecule has 1 saturated heterocycles. The fourth-order valence-corrected chi connectivity index (χ4v) is 9.09. The minimum atomic E-state index is -3.92. The molecule has 5 atom stereocenters. The van der Waals surface area contributed by atoms with E-state index in [1.165, 1.54) is 15.9 Å². The highest BCUT2D eigenvalue weighted by Gasteiger charge is 2.62. The Bertz CT molecular complexity index is 1780. The molecule has 0 unspecified atom stereocenters. The summed E-state index contributed by atoms with van der Waals surface area (Å²) in [6.07, 6.45) is 6.15. The zero-order valence-corrected chi connectivity index (χ0v) is 31.7. The topological polar surface area (TPSA) is 175 Å². The summed E-state index contributed by atoms with van der Waals surface area (Å²) in [5.41, 5.74) is -1.03. The molecule has 3 fully saturated rings. The van der Waals surface area contributed by atoms with Gasteiger partial charge in [-0.2, -0.15) is 0 Å². The van der Waals surface area contributed by atoms with Crippen molar-refractivity contribution >= 4 is 39.9 Å². The van der Waals surface area contributed by atoms with Gasteiger partial charge in [0.25, 0.3) is 5.91 Å². The first-order chi connectivity index (χ1) is 25.0. The second-order valence-corrected chi connectivity index (χ2v) is 17.9. The van der Waals surface area contributed by atoms with E-state index in [1.54, 1.807) is 17.0 Å². The molecule has 0 radical (unpaired) electrons. The number of sulfonamides is 1. The van der Waals surface area contributed by atoms with E-state index in [1.807, 2.05) is 39.8 Å². The summed E-state index contributed by atoms with van der Waals surface area (Å²) in [4.78, 5) is 73.7. The van der Waals surface area contributed by atoms with Gasteiger partial charge in [-0.1, -0.05) is 37.1 Å². The third-order valence-electron chi connectivity index (χ3n) is 11.0. The Morgan fingerprint density at radius 3 is 2.53 bits per heavy atom. The summed E-state index contributed by atoms with van der Waals surface area (Å²) < 4.78 is 48.1. The smallest absolute Gasteiger partial charge is 0.410 e. The van der Waals surface area contributed by atoms with Crippen molar-refractivity contribution < 1.29 is 41.5 Å². The molecule has 0 bridgehead atoms. The third kappa shape index (κ3) is 8.31. The molecule has 2 aliphatic carbocycles. The van der Waals surface area contributed by atoms with Crippen LogP contribution in [-0.4, -0.2) is 101 Å². The fourth-order valence-electron chi connectivity index (χ4n) is 7.72. The Kier molecular flexibility index (Phi) is 10.8. The number of ether oxygens (including phenoxy) is 1. The summed E-state index contributed by atoms with van der Waals surface area (Å²) in [5.74, 6) is -2.96. The number of carbonyl (C=O) groups is 5. The summed E-state index contributed by atoms with van der Waals surface area (Å²) >= 11 is 0. The maximum absolute atomic E-state index is 14.5. The molecule has 3 aliphatic heterocycles. The Balaban J connectivity index is 1.27. The number of allylic oxidation sites excluding steroid dienone is 1. The van der Waals surface area contributed by atoms with E-state index < -0.39 is 86.1 Å². The highest BCUT2D eigenvalue weighted by atomic mass is 32.2. The Morgan fingerprint density at radius 1 is 1.09 bits per heavy atom. The van der Waals surface area contributed by atoms with E-state index in [0.29, 0.717) is 49.8 Å². The van der Waals surface area contributed by atoms with E-state index >= 15 is 0 Å². The van der Waals surface area contributed by atoms with Crippen molar-refractivity contribution in [2.24, 2.45) is 5.92 Å². The summed E-state index contributed by atoms with van der Waals surface area (Å²) in [6.45, 7) is 7.88. The monoisotopic (exact) mass is 758 g/mol. The first-order valence-corrected chi connectivity index (χ1v) is 20.2. The lowest BCUT2D eigenvalue weighted by molar-refractivity contribution is -0.141. The summed E-state index contributed by atoms with van der Waals surface area (Å²) in [5, 5.41) is 5.07. The number of amides is 6. The number of hydrogen-bond donors (Lipinski definition) is 3. The lowest BCUT2D eigenvalue weighted by Crippen LogP contribution is -2.59. The van der Waals surface area contributed by atoms with Gasteiger partial charge >= 0.3 is 12.1 Å². The van der Waals surface area contributed by atoms with Gasteiger partial charge in [0.2, 0.25) is 21.8 Å². The molecule has 16 heteroatoms. The van der Waals surface area contributed by atoms with Crippen molar-refractivity contribution in [3.63, 3.8) is 0 Å². The number of carbonyl (C=O) groups excluding carboxylic acids is 5. The molecule has 1 aromatic carbocycles. The van der Waals surface area contributed by atoms with Crippen LogP contribution in [0.3, 0.4) is 0 Å². The molecule has 2 saturated carbocycles. The van der Waals surface area contributed by atoms with Crippen LogP contribution in [0.1, 0.15) is 96.6 Å². The molecule has 53 heavy (non-hydrogen) atoms. The maximum Gasteiger partial charge on any atom is 0.410 e. The molecule has 5 aliphatic rings. The van der Waals surface area contributed by atoms with Crippen LogP contribution in [0.5, 0.6) is 0 Å². The highest BCUT2D eigenvalue weighted by Crippen LogP contribution is 2.46. The van der Waals surface area contributed by atoms with Crippen LogP contribution in [0, 0.1) is 11.7 Å². The fraction of sp³-hybridized carbons (Fsp3) is 0.649. The van der Waals surface area contributed by atoms with E-state index in [4.69, 9.17) is 4.74 Å². The van der Waals surface area contributed by atoms with Crippen LogP contribution in [-0.2, 0) is 42.2 Å². The number of halogens is 1. The average Bonchev–Trinajstić information content (AvgIpc) is 3.97. The van der Waals surface area contributed by atoms with Gasteiger partial charge in [-0.25, -0.2) is 22.4 Å². The minimum Gasteiger partial charge on any atom is -0.444 e. The third-order valence-corrected chi connectivity index (χ3v) is 12.8. The lowest BCUT2D eigenvalue weighted by Gasteiger charge is -2.36. The molecule has 14 nitrogen and oxygen atoms in total. The minimum absolute atomic E-state index is 0.00618. The molecule has 0 aromatic heterocycles. The van der Waals surface area contributed by atoms with Crippen molar-refractivity contribution in [3.05, 3.63) is 47.3 Å². The molecule has 6 amide bonds. The molecule has 6 rings (SSSR count). The van der Waals surface area contributed by atoms with Crippen LogP contribution < -0.4 is 15.4 Å². The number of nitrogens with one attached hydrogen (secondary N) is 3. The molecule has 290 valence electrons. The van der Waals surface area contributed by atoms with Crippen molar-refractivity contribution in [2.75, 3.05) is 13.1 Å². The Morgan fingerprint density at radius 2 is 1.85 bits per heavy atom. The first-order valence-electron chi connectivity index (χ1n) is 18.7. The van der Waals surface area contributed by atoms with Gasteiger partial charge in [0.1, 0.15) is 29.5 Å². The van der Waals surface area contributed by atoms with Crippen LogP contribution in [0.4, 0.5) is 14.0 Å². The van der Waals surface area contributed by atoms with E-state index in [9.17, 15) is 36.8 Å². The van der Waals surface area contributed by atoms with Crippen molar-refractivity contribution in [1.82, 2.24) is 30.1 Å². The molecule has 3 heterocycles. The molecule has 0 spiro atoms. The second-order valence-electron chi connectivity index (χ2n) is 15.9. The number of benzene rings is 1. The number of fused-ring (bicyclic) bond motifs is 3. The Labute approximate surface area is 310 Å². The van der Waals surface area contributed by atoms with Gasteiger partial charge in [-0.05, 0) is 77.8 Å². The Hall–Kier alpha value is -4.21. The van der Waals surface area contributed by atoms with E-state index in [2.05, 4.69) is 15.4 Å². The highest BCUT2D eigenvalue weighted by molar-refractivity contribution is 7.91. The largest absolute Gasteiger partial charge is 0.444 e. The molecule has 3 N–H and O–H groups in total. The normalized spacial score (nSPS) is 27.7. The predicted octanol–water partition coefficient (Wildman–Crippen LogP) is 3.45. The summed E-state index contributed by atoms with van der Waals surface area (Å²) in [6, 6.07) is 1.98. The van der Waals surface area contributed by atoms with Crippen LogP contribution in [0.25, 0.3) is 0 Å². The van der Waals surface area contributed by atoms with Gasteiger partial charge in [-0.15, -0.1) is 0 Å². The maximum atomic E-state index is 14.5. The van der Waals surface area contributed by atoms with Gasteiger partial charge < -0.3 is 25.2 Å². The zero-order valence-electron chi connectivity index (χ0n) is 30.9. The predicted molar refractivity (Wildman–Crippen MR) is 192 cm³/mol. The second kappa shape index (κ2) is 14.9. The standard InChI is InChI=1S/C37H51FN6O8S/c1-5-44(36(2,3)4)34(48)39-29-15-10-8-6-7-9-13-24-19-37(24,33(47)41-53(50,51)26-16-17-26)40-31(45)30-18-25(21-43(30)32(29)46)52-35(49)42-20-23-12-11-14-28(38)27(23)22-42/h9,11-14,24-26,29-30H,5-8,10,15-22H2,1-4H3,(H,39,48)(H,40,45)(H,41,47)/t24-,25-,29+,30+,37-/m1/s1. The van der Waals surface area contributed by atoms with Crippen molar-refractivity contribution in [3.8, 4) is 0 Å². The van der Waals surface area contributed by atoms with Gasteiger partial charge in [-0.3, -0.25) is 24.0 Å². The lowest BCUT2D eigenvalue weighted by atomic mass is 10.0. The van der Waals surface area contributed by atoms with Crippen LogP contribution in [0.2, 0.25) is 0 Å². The SMILES string of the molecule is CCN(C(=O)N[C@H]1CCCCCC=C[C@@H]2C[C@@]2(C(=O)NS(=O)(=O)C2CC2)NC(=O)[C@@H]2C[C@@H](OC(=O)N3Cc4cccc(F)c4C3)CN2C1=O)C(C)(C)C. The van der Waals surface area contributed by atoms with E-state index in [-0.39, 0.29) is 32.5 Å². The molecular formula is C37H51FN6O8S. The average molecular weight is 759 g/mol. The van der Waals surface area contributed by atoms with Crippen molar-refractivity contribution in [2.45, 2.75) is 133 Å². The zero-order chi connectivity index (χ0) is 38.3. The molecular weight excluding hydrogens is 708 g/mol. The number of hydrogen-bond acceptors (Lipinski definition) is 8. The van der Waals surface area contributed by atoms with E-state index in [0.717, 1.165) is 12.8 Å².